The van der Waals surface area contributed by atoms with Crippen molar-refractivity contribution in [3.63, 3.8) is 0 Å². The first kappa shape index (κ1) is 12.9. The lowest BCUT2D eigenvalue weighted by Gasteiger charge is -2.35. The van der Waals surface area contributed by atoms with E-state index in [1.807, 2.05) is 6.20 Å². The topological polar surface area (TPSA) is 43.8 Å². The number of imidazole rings is 1. The summed E-state index contributed by atoms with van der Waals surface area (Å²) >= 11 is 1.75. The molecule has 0 saturated heterocycles. The van der Waals surface area contributed by atoms with Crippen LogP contribution in [0, 0.1) is 11.8 Å². The summed E-state index contributed by atoms with van der Waals surface area (Å²) < 4.78 is 2.36. The Morgan fingerprint density at radius 2 is 2.37 bits per heavy atom. The maximum absolute atomic E-state index is 5.98. The van der Waals surface area contributed by atoms with Gasteiger partial charge in [-0.25, -0.2) is 4.98 Å². The molecule has 3 atom stereocenters. The Morgan fingerprint density at radius 3 is 3.11 bits per heavy atom. The lowest BCUT2D eigenvalue weighted by Crippen LogP contribution is -2.31. The Morgan fingerprint density at radius 1 is 1.47 bits per heavy atom. The largest absolute Gasteiger partial charge is 0.330 e. The normalized spacial score (nSPS) is 27.6. The number of nitrogens with two attached hydrogens (primary N) is 1. The van der Waals surface area contributed by atoms with Crippen LogP contribution in [-0.4, -0.2) is 16.1 Å². The van der Waals surface area contributed by atoms with Crippen LogP contribution >= 0.6 is 11.3 Å². The van der Waals surface area contributed by atoms with Gasteiger partial charge in [-0.05, 0) is 42.7 Å². The first-order chi connectivity index (χ1) is 9.29. The summed E-state index contributed by atoms with van der Waals surface area (Å²) in [5.41, 5.74) is 5.98. The second-order valence-electron chi connectivity index (χ2n) is 5.62. The van der Waals surface area contributed by atoms with Gasteiger partial charge in [-0.15, -0.1) is 11.3 Å². The summed E-state index contributed by atoms with van der Waals surface area (Å²) in [5.74, 6) is 2.48. The molecule has 2 heterocycles. The zero-order valence-corrected chi connectivity index (χ0v) is 12.1. The molecular weight excluding hydrogens is 254 g/mol. The average molecular weight is 275 g/mol. The molecule has 1 aliphatic carbocycles. The first-order valence-electron chi connectivity index (χ1n) is 7.06. The minimum atomic E-state index is 0.508. The quantitative estimate of drug-likeness (QED) is 0.931. The molecular formula is C15H21N3S. The minimum absolute atomic E-state index is 0.508. The fourth-order valence-corrected chi connectivity index (χ4v) is 3.93. The standard InChI is InChI=1S/C15H21N3S/c1-11-4-5-12(10-16)13(9-11)18-7-6-17-15(18)14-3-2-8-19-14/h2-3,6-8,11-13H,4-5,9-10,16H2,1H3. The average Bonchev–Trinajstić information content (AvgIpc) is 3.09. The first-order valence-corrected chi connectivity index (χ1v) is 7.94. The molecule has 2 aromatic rings. The molecule has 0 spiro atoms. The molecule has 1 saturated carbocycles. The lowest BCUT2D eigenvalue weighted by molar-refractivity contribution is 0.199. The number of rotatable bonds is 3. The Labute approximate surface area is 118 Å². The van der Waals surface area contributed by atoms with E-state index < -0.39 is 0 Å². The number of hydrogen-bond acceptors (Lipinski definition) is 3. The van der Waals surface area contributed by atoms with Crippen molar-refractivity contribution in [2.45, 2.75) is 32.2 Å². The molecule has 2 aromatic heterocycles. The Kier molecular flexibility index (Phi) is 3.71. The highest BCUT2D eigenvalue weighted by Gasteiger charge is 2.30. The van der Waals surface area contributed by atoms with Crippen LogP contribution in [0.15, 0.2) is 29.9 Å². The predicted molar refractivity (Wildman–Crippen MR) is 80.1 cm³/mol. The molecule has 2 N–H and O–H groups in total. The van der Waals surface area contributed by atoms with E-state index in [0.29, 0.717) is 12.0 Å². The van der Waals surface area contributed by atoms with Crippen LogP contribution < -0.4 is 5.73 Å². The van der Waals surface area contributed by atoms with E-state index in [2.05, 4.69) is 40.2 Å². The van der Waals surface area contributed by atoms with Crippen molar-refractivity contribution in [1.29, 1.82) is 0 Å². The van der Waals surface area contributed by atoms with Crippen LogP contribution in [0.5, 0.6) is 0 Å². The molecule has 4 heteroatoms. The van der Waals surface area contributed by atoms with Crippen molar-refractivity contribution < 1.29 is 0 Å². The molecule has 102 valence electrons. The molecule has 0 amide bonds. The van der Waals surface area contributed by atoms with Gasteiger partial charge in [0.2, 0.25) is 0 Å². The van der Waals surface area contributed by atoms with Gasteiger partial charge in [0.1, 0.15) is 5.82 Å². The summed E-state index contributed by atoms with van der Waals surface area (Å²) in [6.45, 7) is 3.13. The lowest BCUT2D eigenvalue weighted by atomic mass is 9.79. The summed E-state index contributed by atoms with van der Waals surface area (Å²) in [5, 5.41) is 2.11. The van der Waals surface area contributed by atoms with Crippen molar-refractivity contribution in [2.24, 2.45) is 17.6 Å². The van der Waals surface area contributed by atoms with Crippen LogP contribution in [0.1, 0.15) is 32.2 Å². The fourth-order valence-electron chi connectivity index (χ4n) is 3.21. The third-order valence-electron chi connectivity index (χ3n) is 4.29. The van der Waals surface area contributed by atoms with Crippen molar-refractivity contribution in [3.8, 4) is 10.7 Å². The highest BCUT2D eigenvalue weighted by Crippen LogP contribution is 2.39. The zero-order chi connectivity index (χ0) is 13.2. The van der Waals surface area contributed by atoms with Crippen molar-refractivity contribution in [1.82, 2.24) is 9.55 Å². The van der Waals surface area contributed by atoms with Crippen LogP contribution in [-0.2, 0) is 0 Å². The highest BCUT2D eigenvalue weighted by atomic mass is 32.1. The Balaban J connectivity index is 1.94. The molecule has 3 unspecified atom stereocenters. The van der Waals surface area contributed by atoms with Gasteiger partial charge in [-0.1, -0.05) is 19.4 Å². The van der Waals surface area contributed by atoms with Crippen molar-refractivity contribution in [3.05, 3.63) is 29.9 Å². The molecule has 0 aromatic carbocycles. The van der Waals surface area contributed by atoms with Gasteiger partial charge < -0.3 is 10.3 Å². The van der Waals surface area contributed by atoms with Crippen LogP contribution in [0.2, 0.25) is 0 Å². The van der Waals surface area contributed by atoms with Crippen LogP contribution in [0.25, 0.3) is 10.7 Å². The van der Waals surface area contributed by atoms with Gasteiger partial charge in [0.25, 0.3) is 0 Å². The molecule has 3 rings (SSSR count). The zero-order valence-electron chi connectivity index (χ0n) is 11.3. The van der Waals surface area contributed by atoms with Crippen molar-refractivity contribution in [2.75, 3.05) is 6.54 Å². The van der Waals surface area contributed by atoms with Crippen LogP contribution in [0.3, 0.4) is 0 Å². The number of nitrogens with zero attached hydrogens (tertiary/aromatic N) is 2. The number of thiophene rings is 1. The van der Waals surface area contributed by atoms with Gasteiger partial charge in [-0.2, -0.15) is 0 Å². The van der Waals surface area contributed by atoms with Crippen molar-refractivity contribution >= 4 is 11.3 Å². The third kappa shape index (κ3) is 2.47. The Hall–Kier alpha value is -1.13. The number of aromatic nitrogens is 2. The van der Waals surface area contributed by atoms with E-state index in [1.54, 1.807) is 11.3 Å². The van der Waals surface area contributed by atoms with Gasteiger partial charge >= 0.3 is 0 Å². The third-order valence-corrected chi connectivity index (χ3v) is 5.15. The smallest absolute Gasteiger partial charge is 0.150 e. The maximum atomic E-state index is 5.98. The predicted octanol–water partition coefficient (Wildman–Crippen LogP) is 3.55. The van der Waals surface area contributed by atoms with Gasteiger partial charge in [0.15, 0.2) is 0 Å². The van der Waals surface area contributed by atoms with E-state index in [-0.39, 0.29) is 0 Å². The summed E-state index contributed by atoms with van der Waals surface area (Å²) in [7, 11) is 0. The summed E-state index contributed by atoms with van der Waals surface area (Å²) in [4.78, 5) is 5.81. The van der Waals surface area contributed by atoms with Gasteiger partial charge in [0, 0.05) is 18.4 Å². The fraction of sp³-hybridized carbons (Fsp3) is 0.533. The van der Waals surface area contributed by atoms with E-state index in [9.17, 15) is 0 Å². The molecule has 3 nitrogen and oxygen atoms in total. The Bertz CT molecular complexity index is 517. The molecule has 1 fully saturated rings. The molecule has 1 aliphatic rings. The molecule has 0 radical (unpaired) electrons. The van der Waals surface area contributed by atoms with Crippen LogP contribution in [0.4, 0.5) is 0 Å². The maximum Gasteiger partial charge on any atom is 0.150 e. The van der Waals surface area contributed by atoms with Gasteiger partial charge in [0.05, 0.1) is 4.88 Å². The minimum Gasteiger partial charge on any atom is -0.330 e. The SMILES string of the molecule is CC1CCC(CN)C(n2ccnc2-c2cccs2)C1. The second kappa shape index (κ2) is 5.47. The van der Waals surface area contributed by atoms with E-state index >= 15 is 0 Å². The molecule has 19 heavy (non-hydrogen) atoms. The monoisotopic (exact) mass is 275 g/mol. The molecule has 0 aliphatic heterocycles. The highest BCUT2D eigenvalue weighted by molar-refractivity contribution is 7.13. The summed E-state index contributed by atoms with van der Waals surface area (Å²) in [6, 6.07) is 4.74. The van der Waals surface area contributed by atoms with E-state index in [1.165, 1.54) is 24.1 Å². The molecule has 0 bridgehead atoms. The summed E-state index contributed by atoms with van der Waals surface area (Å²) in [6.07, 6.45) is 7.81. The van der Waals surface area contributed by atoms with Gasteiger partial charge in [-0.3, -0.25) is 0 Å². The second-order valence-corrected chi connectivity index (χ2v) is 6.56. The van der Waals surface area contributed by atoms with E-state index in [4.69, 9.17) is 5.73 Å². The number of hydrogen-bond donors (Lipinski definition) is 1. The van der Waals surface area contributed by atoms with E-state index in [0.717, 1.165) is 18.3 Å².